The largest absolute Gasteiger partial charge is 0.481 e. The summed E-state index contributed by atoms with van der Waals surface area (Å²) in [5, 5.41) is 12.3. The first-order chi connectivity index (χ1) is 15.8. The number of aliphatic carboxylic acids is 1. The lowest BCUT2D eigenvalue weighted by atomic mass is 9.88. The van der Waals surface area contributed by atoms with E-state index in [-0.39, 0.29) is 11.7 Å². The van der Waals surface area contributed by atoms with Crippen LogP contribution < -0.4 is 5.32 Å². The van der Waals surface area contributed by atoms with E-state index in [1.807, 2.05) is 68.4 Å². The van der Waals surface area contributed by atoms with Crippen LogP contribution in [-0.2, 0) is 4.79 Å². The molecule has 1 aliphatic carbocycles. The number of carbonyl (C=O) groups is 3. The van der Waals surface area contributed by atoms with Crippen LogP contribution in [0.2, 0.25) is 0 Å². The van der Waals surface area contributed by atoms with E-state index in [1.165, 1.54) is 0 Å². The van der Waals surface area contributed by atoms with E-state index in [1.54, 1.807) is 12.1 Å². The Labute approximate surface area is 193 Å². The van der Waals surface area contributed by atoms with Crippen LogP contribution in [-0.4, -0.2) is 22.8 Å². The Bertz CT molecular complexity index is 1200. The second-order valence-corrected chi connectivity index (χ2v) is 8.75. The predicted octanol–water partition coefficient (Wildman–Crippen LogP) is 5.91. The summed E-state index contributed by atoms with van der Waals surface area (Å²) >= 11 is 0. The van der Waals surface area contributed by atoms with Crippen molar-refractivity contribution >= 4 is 23.3 Å². The van der Waals surface area contributed by atoms with E-state index < -0.39 is 17.8 Å². The van der Waals surface area contributed by atoms with Gasteiger partial charge in [-0.15, -0.1) is 0 Å². The van der Waals surface area contributed by atoms with Gasteiger partial charge in [-0.25, -0.2) is 0 Å². The van der Waals surface area contributed by atoms with Gasteiger partial charge in [-0.2, -0.15) is 0 Å². The maximum Gasteiger partial charge on any atom is 0.307 e. The molecular formula is C28H27NO4. The van der Waals surface area contributed by atoms with Crippen molar-refractivity contribution in [3.05, 3.63) is 89.0 Å². The molecule has 1 fully saturated rings. The van der Waals surface area contributed by atoms with E-state index >= 15 is 0 Å². The van der Waals surface area contributed by atoms with Crippen molar-refractivity contribution in [3.63, 3.8) is 0 Å². The van der Waals surface area contributed by atoms with Crippen LogP contribution in [0.1, 0.15) is 51.1 Å². The highest BCUT2D eigenvalue weighted by Gasteiger charge is 2.37. The standard InChI is InChI=1S/C28H27NO4/c1-17-6-7-22(16-18(17)2)27(31)29-23-14-12-20(13-15-23)19-8-10-21(11-9-19)26(30)24-4-3-5-25(24)28(32)33/h6-16,24-25H,3-5H2,1-2H3,(H,29,31)(H,32,33). The molecule has 3 aromatic rings. The van der Waals surface area contributed by atoms with Crippen molar-refractivity contribution in [2.24, 2.45) is 11.8 Å². The van der Waals surface area contributed by atoms with Gasteiger partial charge in [0.1, 0.15) is 0 Å². The molecule has 1 saturated carbocycles. The summed E-state index contributed by atoms with van der Waals surface area (Å²) < 4.78 is 0. The number of carboxylic acid groups (broad SMARTS) is 1. The normalized spacial score (nSPS) is 17.5. The Morgan fingerprint density at radius 1 is 0.758 bits per heavy atom. The van der Waals surface area contributed by atoms with Crippen LogP contribution in [0, 0.1) is 25.7 Å². The Morgan fingerprint density at radius 2 is 1.33 bits per heavy atom. The Balaban J connectivity index is 1.43. The third-order valence-electron chi connectivity index (χ3n) is 6.58. The highest BCUT2D eigenvalue weighted by molar-refractivity contribution is 6.04. The first-order valence-corrected chi connectivity index (χ1v) is 11.2. The van der Waals surface area contributed by atoms with Crippen LogP contribution in [0.5, 0.6) is 0 Å². The zero-order valence-corrected chi connectivity index (χ0v) is 18.8. The van der Waals surface area contributed by atoms with Crippen molar-refractivity contribution in [1.29, 1.82) is 0 Å². The number of amides is 1. The summed E-state index contributed by atoms with van der Waals surface area (Å²) in [7, 11) is 0. The molecule has 1 amide bonds. The first-order valence-electron chi connectivity index (χ1n) is 11.2. The topological polar surface area (TPSA) is 83.5 Å². The molecule has 2 unspecified atom stereocenters. The highest BCUT2D eigenvalue weighted by atomic mass is 16.4. The number of aryl methyl sites for hydroxylation is 2. The summed E-state index contributed by atoms with van der Waals surface area (Å²) in [4.78, 5) is 36.7. The van der Waals surface area contributed by atoms with E-state index in [0.29, 0.717) is 29.7 Å². The maximum atomic E-state index is 12.8. The van der Waals surface area contributed by atoms with Crippen molar-refractivity contribution in [3.8, 4) is 11.1 Å². The molecule has 0 radical (unpaired) electrons. The van der Waals surface area contributed by atoms with Gasteiger partial charge in [0.2, 0.25) is 0 Å². The van der Waals surface area contributed by atoms with Crippen molar-refractivity contribution in [1.82, 2.24) is 0 Å². The second kappa shape index (κ2) is 9.41. The van der Waals surface area contributed by atoms with Crippen molar-refractivity contribution in [2.75, 3.05) is 5.32 Å². The van der Waals surface area contributed by atoms with E-state index in [2.05, 4.69) is 5.32 Å². The SMILES string of the molecule is Cc1ccc(C(=O)Nc2ccc(-c3ccc(C(=O)C4CCCC4C(=O)O)cc3)cc2)cc1C. The average Bonchev–Trinajstić information content (AvgIpc) is 3.31. The number of anilines is 1. The molecule has 33 heavy (non-hydrogen) atoms. The maximum absolute atomic E-state index is 12.8. The minimum atomic E-state index is -0.882. The number of nitrogens with one attached hydrogen (secondary N) is 1. The second-order valence-electron chi connectivity index (χ2n) is 8.75. The number of hydrogen-bond acceptors (Lipinski definition) is 3. The monoisotopic (exact) mass is 441 g/mol. The summed E-state index contributed by atoms with van der Waals surface area (Å²) in [6.45, 7) is 4.00. The van der Waals surface area contributed by atoms with Gasteiger partial charge < -0.3 is 10.4 Å². The van der Waals surface area contributed by atoms with Gasteiger partial charge in [0.25, 0.3) is 5.91 Å². The fraction of sp³-hybridized carbons (Fsp3) is 0.250. The minimum absolute atomic E-state index is 0.0872. The predicted molar refractivity (Wildman–Crippen MR) is 129 cm³/mol. The number of hydrogen-bond donors (Lipinski definition) is 2. The zero-order chi connectivity index (χ0) is 23.5. The van der Waals surface area contributed by atoms with Crippen LogP contribution in [0.3, 0.4) is 0 Å². The third-order valence-corrected chi connectivity index (χ3v) is 6.58. The van der Waals surface area contributed by atoms with Gasteiger partial charge in [-0.05, 0) is 73.2 Å². The molecule has 3 aromatic carbocycles. The summed E-state index contributed by atoms with van der Waals surface area (Å²) in [6, 6.07) is 20.5. The van der Waals surface area contributed by atoms with Gasteiger partial charge in [0.05, 0.1) is 5.92 Å². The van der Waals surface area contributed by atoms with Gasteiger partial charge in [0, 0.05) is 22.7 Å². The van der Waals surface area contributed by atoms with Crippen LogP contribution >= 0.6 is 0 Å². The number of Topliss-reactive ketones (excluding diaryl/α,β-unsaturated/α-hetero) is 1. The first kappa shape index (κ1) is 22.5. The molecule has 2 atom stereocenters. The smallest absolute Gasteiger partial charge is 0.307 e. The zero-order valence-electron chi connectivity index (χ0n) is 18.8. The number of carboxylic acids is 1. The molecule has 4 rings (SSSR count). The van der Waals surface area contributed by atoms with Crippen LogP contribution in [0.4, 0.5) is 5.69 Å². The van der Waals surface area contributed by atoms with E-state index in [4.69, 9.17) is 0 Å². The number of benzene rings is 3. The molecule has 5 heteroatoms. The number of ketones is 1. The van der Waals surface area contributed by atoms with Crippen molar-refractivity contribution < 1.29 is 19.5 Å². The van der Waals surface area contributed by atoms with Gasteiger partial charge in [0.15, 0.2) is 5.78 Å². The lowest BCUT2D eigenvalue weighted by molar-refractivity contribution is -0.142. The molecular weight excluding hydrogens is 414 g/mol. The van der Waals surface area contributed by atoms with Gasteiger partial charge >= 0.3 is 5.97 Å². The fourth-order valence-corrected chi connectivity index (χ4v) is 4.44. The highest BCUT2D eigenvalue weighted by Crippen LogP contribution is 2.35. The Kier molecular flexibility index (Phi) is 6.40. The molecule has 0 bridgehead atoms. The van der Waals surface area contributed by atoms with Crippen LogP contribution in [0.15, 0.2) is 66.7 Å². The lowest BCUT2D eigenvalue weighted by Gasteiger charge is -2.14. The van der Waals surface area contributed by atoms with Crippen molar-refractivity contribution in [2.45, 2.75) is 33.1 Å². The molecule has 5 nitrogen and oxygen atoms in total. The average molecular weight is 442 g/mol. The summed E-state index contributed by atoms with van der Waals surface area (Å²) in [6.07, 6.45) is 1.97. The Hall–Kier alpha value is -3.73. The summed E-state index contributed by atoms with van der Waals surface area (Å²) in [5.41, 5.74) is 6.00. The van der Waals surface area contributed by atoms with E-state index in [9.17, 15) is 19.5 Å². The summed E-state index contributed by atoms with van der Waals surface area (Å²) in [5.74, 6) is -2.14. The molecule has 0 aliphatic heterocycles. The lowest BCUT2D eigenvalue weighted by Crippen LogP contribution is -2.25. The molecule has 168 valence electrons. The minimum Gasteiger partial charge on any atom is -0.481 e. The molecule has 0 saturated heterocycles. The van der Waals surface area contributed by atoms with Gasteiger partial charge in [-0.1, -0.05) is 48.9 Å². The molecule has 0 heterocycles. The third kappa shape index (κ3) is 4.87. The Morgan fingerprint density at radius 3 is 1.94 bits per heavy atom. The van der Waals surface area contributed by atoms with Gasteiger partial charge in [-0.3, -0.25) is 14.4 Å². The molecule has 1 aliphatic rings. The fourth-order valence-electron chi connectivity index (χ4n) is 4.44. The molecule has 0 spiro atoms. The molecule has 2 N–H and O–H groups in total. The van der Waals surface area contributed by atoms with Crippen LogP contribution in [0.25, 0.3) is 11.1 Å². The number of carbonyl (C=O) groups excluding carboxylic acids is 2. The quantitative estimate of drug-likeness (QED) is 0.466. The van der Waals surface area contributed by atoms with E-state index in [0.717, 1.165) is 28.7 Å². The molecule has 0 aromatic heterocycles. The number of rotatable bonds is 6.